The molecule has 32 heavy (non-hydrogen) atoms. The number of benzene rings is 4. The average Bonchev–Trinajstić information content (AvgIpc) is 3.39. The van der Waals surface area contributed by atoms with Crippen molar-refractivity contribution in [3.8, 4) is 0 Å². The second-order valence-corrected chi connectivity index (χ2v) is 10.3. The molecular weight excluding hydrogens is 675 g/mol. The minimum atomic E-state index is 0.194. The fraction of sp³-hybridized carbons (Fsp3) is 0.0400. The second kappa shape index (κ2) is 13.3. The summed E-state index contributed by atoms with van der Waals surface area (Å²) in [7, 11) is 0. The van der Waals surface area contributed by atoms with Crippen molar-refractivity contribution in [1.82, 2.24) is 0 Å². The minimum Gasteiger partial charge on any atom is -0.135 e. The Balaban J connectivity index is 0.000000151. The lowest BCUT2D eigenvalue weighted by atomic mass is 10.2. The van der Waals surface area contributed by atoms with Gasteiger partial charge in [-0.25, -0.2) is 0 Å². The Morgan fingerprint density at radius 2 is 0.875 bits per heavy atom. The van der Waals surface area contributed by atoms with Crippen molar-refractivity contribution in [3.63, 3.8) is 0 Å². The summed E-state index contributed by atoms with van der Waals surface area (Å²) in [6, 6.07) is 32.1. The molecule has 6 aromatic rings. The smallest absolute Gasteiger partial charge is 0.0967 e. The fourth-order valence-electron chi connectivity index (χ4n) is 3.37. The van der Waals surface area contributed by atoms with E-state index >= 15 is 0 Å². The zero-order valence-electron chi connectivity index (χ0n) is 16.6. The third-order valence-electron chi connectivity index (χ3n) is 4.62. The Labute approximate surface area is 229 Å². The van der Waals surface area contributed by atoms with Crippen molar-refractivity contribution >= 4 is 130 Å². The first-order chi connectivity index (χ1) is 15.7. The molecule has 6 rings (SSSR count). The van der Waals surface area contributed by atoms with E-state index in [1.54, 1.807) is 0 Å². The monoisotopic (exact) mass is 688 g/mol. The first-order valence-electron chi connectivity index (χ1n) is 9.40. The summed E-state index contributed by atoms with van der Waals surface area (Å²) < 4.78 is 6.62. The van der Waals surface area contributed by atoms with E-state index in [0.29, 0.717) is 0 Å². The predicted molar refractivity (Wildman–Crippen MR) is 161 cm³/mol. The van der Waals surface area contributed by atoms with Crippen LogP contribution in [0.3, 0.4) is 0 Å². The SMILES string of the molecule is BrBr.Brc1ccc2sc3ccccc3c2c1.ClCCl.c1ccc2c(c1)sc1ccccc12. The molecule has 0 atom stereocenters. The van der Waals surface area contributed by atoms with Gasteiger partial charge in [0.15, 0.2) is 0 Å². The Morgan fingerprint density at radius 1 is 0.531 bits per heavy atom. The van der Waals surface area contributed by atoms with Crippen LogP contribution in [0, 0.1) is 0 Å². The number of fused-ring (bicyclic) bond motifs is 6. The molecule has 4 aromatic carbocycles. The molecule has 0 aliphatic rings. The fourth-order valence-corrected chi connectivity index (χ4v) is 5.93. The normalized spacial score (nSPS) is 10.2. The molecule has 2 heterocycles. The molecule has 0 nitrogen and oxygen atoms in total. The number of hydrogen-bond donors (Lipinski definition) is 0. The minimum absolute atomic E-state index is 0.194. The van der Waals surface area contributed by atoms with E-state index < -0.39 is 0 Å². The van der Waals surface area contributed by atoms with Gasteiger partial charge < -0.3 is 0 Å². The molecule has 0 unspecified atom stereocenters. The van der Waals surface area contributed by atoms with Gasteiger partial charge >= 0.3 is 0 Å². The van der Waals surface area contributed by atoms with E-state index in [2.05, 4.69) is 135 Å². The highest BCUT2D eigenvalue weighted by molar-refractivity contribution is 9.93. The maximum Gasteiger partial charge on any atom is 0.0967 e. The maximum atomic E-state index is 4.76. The second-order valence-electron chi connectivity index (χ2n) is 6.43. The summed E-state index contributed by atoms with van der Waals surface area (Å²) in [4.78, 5) is 0. The van der Waals surface area contributed by atoms with Gasteiger partial charge in [0.1, 0.15) is 0 Å². The first kappa shape index (κ1) is 26.0. The van der Waals surface area contributed by atoms with Crippen LogP contribution in [0.2, 0.25) is 0 Å². The molecule has 0 aliphatic carbocycles. The molecule has 0 radical (unpaired) electrons. The highest BCUT2D eigenvalue weighted by Gasteiger charge is 2.03. The highest BCUT2D eigenvalue weighted by Crippen LogP contribution is 2.35. The molecule has 164 valence electrons. The van der Waals surface area contributed by atoms with Crippen molar-refractivity contribution in [1.29, 1.82) is 0 Å². The van der Waals surface area contributed by atoms with Crippen LogP contribution < -0.4 is 0 Å². The highest BCUT2D eigenvalue weighted by atomic mass is 80.9. The number of hydrogen-bond acceptors (Lipinski definition) is 2. The van der Waals surface area contributed by atoms with E-state index in [1.165, 1.54) is 40.3 Å². The Bertz CT molecular complexity index is 1380. The molecule has 0 bridgehead atoms. The van der Waals surface area contributed by atoms with Gasteiger partial charge in [-0.15, -0.1) is 45.9 Å². The van der Waals surface area contributed by atoms with Gasteiger partial charge in [0, 0.05) is 73.1 Å². The quantitative estimate of drug-likeness (QED) is 0.139. The van der Waals surface area contributed by atoms with Gasteiger partial charge in [-0.2, -0.15) is 0 Å². The average molecular weight is 692 g/mol. The van der Waals surface area contributed by atoms with E-state index in [0.717, 1.165) is 4.47 Å². The summed E-state index contributed by atoms with van der Waals surface area (Å²) in [6.45, 7) is 0. The van der Waals surface area contributed by atoms with Crippen LogP contribution in [-0.4, -0.2) is 5.34 Å². The number of thiophene rings is 2. The van der Waals surface area contributed by atoms with Gasteiger partial charge in [0.2, 0.25) is 0 Å². The zero-order chi connectivity index (χ0) is 22.9. The molecule has 0 amide bonds. The van der Waals surface area contributed by atoms with Crippen LogP contribution in [0.4, 0.5) is 0 Å². The first-order valence-corrected chi connectivity index (χ1v) is 16.6. The molecule has 0 aliphatic heterocycles. The van der Waals surface area contributed by atoms with Crippen molar-refractivity contribution in [3.05, 3.63) is 95.5 Å². The third kappa shape index (κ3) is 6.26. The number of rotatable bonds is 0. The van der Waals surface area contributed by atoms with Crippen LogP contribution in [0.5, 0.6) is 0 Å². The van der Waals surface area contributed by atoms with Gasteiger partial charge in [0.25, 0.3) is 0 Å². The molecular formula is C25H17Br3Cl2S2. The van der Waals surface area contributed by atoms with E-state index in [9.17, 15) is 0 Å². The summed E-state index contributed by atoms with van der Waals surface area (Å²) in [6.07, 6.45) is 0. The van der Waals surface area contributed by atoms with Crippen LogP contribution in [0.25, 0.3) is 40.3 Å². The summed E-state index contributed by atoms with van der Waals surface area (Å²) in [5, 5.41) is 5.65. The third-order valence-corrected chi connectivity index (χ3v) is 7.42. The van der Waals surface area contributed by atoms with Crippen LogP contribution in [0.15, 0.2) is 95.5 Å². The maximum absolute atomic E-state index is 4.76. The largest absolute Gasteiger partial charge is 0.135 e. The lowest BCUT2D eigenvalue weighted by Gasteiger charge is -1.91. The lowest BCUT2D eigenvalue weighted by molar-refractivity contribution is 1.77. The molecule has 7 heteroatoms. The summed E-state index contributed by atoms with van der Waals surface area (Å²) in [5.74, 6) is 0. The molecule has 0 saturated carbocycles. The van der Waals surface area contributed by atoms with Crippen molar-refractivity contribution < 1.29 is 0 Å². The van der Waals surface area contributed by atoms with E-state index in [4.69, 9.17) is 23.2 Å². The van der Waals surface area contributed by atoms with Crippen molar-refractivity contribution in [2.75, 3.05) is 5.34 Å². The standard InChI is InChI=1S/C12H7BrS.C12H8S.CH2Cl2.Br2/c13-8-5-6-12-10(7-8)9-3-1-2-4-11(9)14-12;1-3-7-11-9(5-1)10-6-2-4-8-12(10)13-11;2-1-3;1-2/h1-7H;1-8H;1H2;. The Morgan fingerprint density at radius 3 is 1.31 bits per heavy atom. The summed E-state index contributed by atoms with van der Waals surface area (Å²) in [5.41, 5.74) is 0. The molecule has 0 fully saturated rings. The van der Waals surface area contributed by atoms with Gasteiger partial charge in [0.05, 0.1) is 5.34 Å². The topological polar surface area (TPSA) is 0 Å². The molecule has 2 aromatic heterocycles. The Kier molecular flexibility index (Phi) is 10.8. The molecule has 0 spiro atoms. The Hall–Kier alpha value is -0.660. The lowest BCUT2D eigenvalue weighted by Crippen LogP contribution is -1.65. The van der Waals surface area contributed by atoms with Crippen molar-refractivity contribution in [2.45, 2.75) is 0 Å². The van der Waals surface area contributed by atoms with Gasteiger partial charge in [-0.1, -0.05) is 70.5 Å². The molecule has 0 N–H and O–H groups in total. The van der Waals surface area contributed by atoms with E-state index in [1.807, 2.05) is 22.7 Å². The predicted octanol–water partition coefficient (Wildman–Crippen LogP) is 12.0. The summed E-state index contributed by atoms with van der Waals surface area (Å²) >= 11 is 22.2. The van der Waals surface area contributed by atoms with Gasteiger partial charge in [-0.3, -0.25) is 0 Å². The van der Waals surface area contributed by atoms with Crippen LogP contribution in [0.1, 0.15) is 0 Å². The van der Waals surface area contributed by atoms with Crippen molar-refractivity contribution in [2.24, 2.45) is 0 Å². The van der Waals surface area contributed by atoms with Gasteiger partial charge in [-0.05, 0) is 36.4 Å². The molecule has 0 saturated heterocycles. The van der Waals surface area contributed by atoms with Crippen LogP contribution >= 0.6 is 90.1 Å². The number of halogens is 5. The van der Waals surface area contributed by atoms with Crippen LogP contribution in [-0.2, 0) is 0 Å². The number of alkyl halides is 2. The van der Waals surface area contributed by atoms with E-state index in [-0.39, 0.29) is 5.34 Å². The zero-order valence-corrected chi connectivity index (χ0v) is 24.5.